The lowest BCUT2D eigenvalue weighted by atomic mass is 9.95. The first-order valence-corrected chi connectivity index (χ1v) is 10.6. The highest BCUT2D eigenvalue weighted by Gasteiger charge is 2.30. The van der Waals surface area contributed by atoms with Gasteiger partial charge < -0.3 is 9.47 Å². The van der Waals surface area contributed by atoms with Crippen LogP contribution in [0.2, 0.25) is 0 Å². The quantitative estimate of drug-likeness (QED) is 0.811. The molecule has 144 valence electrons. The molecular formula is C20H33N5O. The molecule has 0 aromatic carbocycles. The molecule has 6 nitrogen and oxygen atoms in total. The Balaban J connectivity index is 1.37. The number of aromatic nitrogens is 3. The predicted octanol–water partition coefficient (Wildman–Crippen LogP) is 2.70. The summed E-state index contributed by atoms with van der Waals surface area (Å²) in [6.07, 6.45) is 10.6. The van der Waals surface area contributed by atoms with E-state index in [9.17, 15) is 4.79 Å². The Morgan fingerprint density at radius 3 is 2.54 bits per heavy atom. The zero-order valence-electron chi connectivity index (χ0n) is 16.2. The molecule has 1 saturated carbocycles. The summed E-state index contributed by atoms with van der Waals surface area (Å²) in [6, 6.07) is 0. The predicted molar refractivity (Wildman–Crippen MR) is 101 cm³/mol. The molecule has 2 saturated heterocycles. The first kappa shape index (κ1) is 18.0. The summed E-state index contributed by atoms with van der Waals surface area (Å²) in [5.74, 6) is 3.46. The SMILES string of the molecule is Cn1c(CN2CCCC2)nnc1C1CCCN(C(=O)CC2CCCC2)C1. The van der Waals surface area contributed by atoms with Crippen LogP contribution in [-0.4, -0.2) is 56.7 Å². The Labute approximate surface area is 156 Å². The van der Waals surface area contributed by atoms with Gasteiger partial charge in [-0.1, -0.05) is 12.8 Å². The number of likely N-dealkylation sites (tertiary alicyclic amines) is 2. The number of piperidine rings is 1. The topological polar surface area (TPSA) is 54.3 Å². The maximum Gasteiger partial charge on any atom is 0.222 e. The van der Waals surface area contributed by atoms with Crippen LogP contribution in [0.25, 0.3) is 0 Å². The van der Waals surface area contributed by atoms with Crippen LogP contribution in [0.3, 0.4) is 0 Å². The van der Waals surface area contributed by atoms with Gasteiger partial charge in [0.2, 0.25) is 5.91 Å². The standard InChI is InChI=1S/C20H33N5O/c1-23-18(15-24-10-4-5-11-24)21-22-20(23)17-9-6-12-25(14-17)19(26)13-16-7-2-3-8-16/h16-17H,2-15H2,1H3. The summed E-state index contributed by atoms with van der Waals surface area (Å²) >= 11 is 0. The molecule has 1 unspecified atom stereocenters. The summed E-state index contributed by atoms with van der Waals surface area (Å²) in [5.41, 5.74) is 0. The summed E-state index contributed by atoms with van der Waals surface area (Å²) in [5, 5.41) is 9.00. The molecule has 0 bridgehead atoms. The second-order valence-electron chi connectivity index (χ2n) is 8.55. The van der Waals surface area contributed by atoms with E-state index in [2.05, 4.69) is 31.6 Å². The van der Waals surface area contributed by atoms with Crippen LogP contribution in [0.5, 0.6) is 0 Å². The molecule has 0 N–H and O–H groups in total. The fourth-order valence-electron chi connectivity index (χ4n) is 5.01. The van der Waals surface area contributed by atoms with Gasteiger partial charge in [0, 0.05) is 32.5 Å². The van der Waals surface area contributed by atoms with Crippen LogP contribution >= 0.6 is 0 Å². The molecule has 1 aromatic heterocycles. The van der Waals surface area contributed by atoms with E-state index in [1.165, 1.54) is 51.6 Å². The number of amides is 1. The minimum Gasteiger partial charge on any atom is -0.342 e. The zero-order valence-corrected chi connectivity index (χ0v) is 16.2. The highest BCUT2D eigenvalue weighted by molar-refractivity contribution is 5.76. The Morgan fingerprint density at radius 1 is 1.00 bits per heavy atom. The number of carbonyl (C=O) groups excluding carboxylic acids is 1. The average Bonchev–Trinajstić information content (AvgIpc) is 3.40. The van der Waals surface area contributed by atoms with E-state index >= 15 is 0 Å². The van der Waals surface area contributed by atoms with Gasteiger partial charge in [-0.25, -0.2) is 0 Å². The van der Waals surface area contributed by atoms with E-state index < -0.39 is 0 Å². The summed E-state index contributed by atoms with van der Waals surface area (Å²) < 4.78 is 2.19. The van der Waals surface area contributed by atoms with Crippen molar-refractivity contribution in [1.82, 2.24) is 24.6 Å². The Hall–Kier alpha value is -1.43. The van der Waals surface area contributed by atoms with Gasteiger partial charge in [0.25, 0.3) is 0 Å². The van der Waals surface area contributed by atoms with Crippen LogP contribution in [0, 0.1) is 5.92 Å². The molecule has 0 radical (unpaired) electrons. The molecule has 3 aliphatic rings. The second kappa shape index (κ2) is 8.07. The highest BCUT2D eigenvalue weighted by Crippen LogP contribution is 2.30. The number of nitrogens with zero attached hydrogens (tertiary/aromatic N) is 5. The lowest BCUT2D eigenvalue weighted by molar-refractivity contribution is -0.133. The lowest BCUT2D eigenvalue weighted by Crippen LogP contribution is -2.40. The van der Waals surface area contributed by atoms with Crippen LogP contribution in [0.4, 0.5) is 0 Å². The molecule has 3 heterocycles. The number of carbonyl (C=O) groups is 1. The molecule has 1 aromatic rings. The molecule has 26 heavy (non-hydrogen) atoms. The zero-order chi connectivity index (χ0) is 17.9. The third-order valence-electron chi connectivity index (χ3n) is 6.64. The summed E-state index contributed by atoms with van der Waals surface area (Å²) in [6.45, 7) is 4.99. The number of hydrogen-bond acceptors (Lipinski definition) is 4. The number of hydrogen-bond donors (Lipinski definition) is 0. The fourth-order valence-corrected chi connectivity index (χ4v) is 5.01. The molecule has 1 atom stereocenters. The maximum atomic E-state index is 12.7. The van der Waals surface area contributed by atoms with Crippen molar-refractivity contribution in [3.63, 3.8) is 0 Å². The van der Waals surface area contributed by atoms with Crippen molar-refractivity contribution >= 4 is 5.91 Å². The van der Waals surface area contributed by atoms with E-state index in [1.807, 2.05) is 0 Å². The number of rotatable bonds is 5. The minimum atomic E-state index is 0.334. The van der Waals surface area contributed by atoms with Crippen molar-refractivity contribution in [2.24, 2.45) is 13.0 Å². The monoisotopic (exact) mass is 359 g/mol. The lowest BCUT2D eigenvalue weighted by Gasteiger charge is -2.33. The third kappa shape index (κ3) is 3.95. The van der Waals surface area contributed by atoms with Gasteiger partial charge in [-0.15, -0.1) is 10.2 Å². The van der Waals surface area contributed by atoms with Crippen LogP contribution in [0.15, 0.2) is 0 Å². The fraction of sp³-hybridized carbons (Fsp3) is 0.850. The van der Waals surface area contributed by atoms with Crippen molar-refractivity contribution in [3.05, 3.63) is 11.6 Å². The van der Waals surface area contributed by atoms with Crippen molar-refractivity contribution in [2.45, 2.75) is 70.3 Å². The van der Waals surface area contributed by atoms with Crippen molar-refractivity contribution in [2.75, 3.05) is 26.2 Å². The van der Waals surface area contributed by atoms with Gasteiger partial charge in [0.15, 0.2) is 0 Å². The first-order valence-electron chi connectivity index (χ1n) is 10.6. The third-order valence-corrected chi connectivity index (χ3v) is 6.64. The van der Waals surface area contributed by atoms with Gasteiger partial charge >= 0.3 is 0 Å². The molecule has 1 aliphatic carbocycles. The normalized spacial score (nSPS) is 25.3. The Morgan fingerprint density at radius 2 is 1.77 bits per heavy atom. The molecule has 0 spiro atoms. The molecule has 4 rings (SSSR count). The van der Waals surface area contributed by atoms with Crippen LogP contribution in [0.1, 0.15) is 75.4 Å². The smallest absolute Gasteiger partial charge is 0.222 e. The highest BCUT2D eigenvalue weighted by atomic mass is 16.2. The average molecular weight is 360 g/mol. The van der Waals surface area contributed by atoms with Gasteiger partial charge in [0.1, 0.15) is 11.6 Å². The van der Waals surface area contributed by atoms with Crippen LogP contribution < -0.4 is 0 Å². The summed E-state index contributed by atoms with van der Waals surface area (Å²) in [4.78, 5) is 17.3. The Bertz CT molecular complexity index is 616. The summed E-state index contributed by atoms with van der Waals surface area (Å²) in [7, 11) is 2.10. The van der Waals surface area contributed by atoms with E-state index in [-0.39, 0.29) is 0 Å². The molecule has 6 heteroatoms. The molecular weight excluding hydrogens is 326 g/mol. The minimum absolute atomic E-state index is 0.334. The van der Waals surface area contributed by atoms with E-state index in [0.29, 0.717) is 17.7 Å². The Kier molecular flexibility index (Phi) is 5.57. The largest absolute Gasteiger partial charge is 0.342 e. The van der Waals surface area contributed by atoms with Gasteiger partial charge in [-0.3, -0.25) is 9.69 Å². The first-order chi connectivity index (χ1) is 12.7. The van der Waals surface area contributed by atoms with Gasteiger partial charge in [-0.05, 0) is 57.5 Å². The molecule has 2 aliphatic heterocycles. The molecule has 1 amide bonds. The van der Waals surface area contributed by atoms with Gasteiger partial charge in [-0.2, -0.15) is 0 Å². The second-order valence-corrected chi connectivity index (χ2v) is 8.55. The van der Waals surface area contributed by atoms with Crippen molar-refractivity contribution < 1.29 is 4.79 Å². The maximum absolute atomic E-state index is 12.7. The van der Waals surface area contributed by atoms with E-state index in [0.717, 1.165) is 50.5 Å². The molecule has 3 fully saturated rings. The van der Waals surface area contributed by atoms with Crippen LogP contribution in [-0.2, 0) is 18.4 Å². The van der Waals surface area contributed by atoms with Crippen molar-refractivity contribution in [3.8, 4) is 0 Å². The van der Waals surface area contributed by atoms with E-state index in [4.69, 9.17) is 0 Å². The van der Waals surface area contributed by atoms with Gasteiger partial charge in [0.05, 0.1) is 6.54 Å². The van der Waals surface area contributed by atoms with Crippen molar-refractivity contribution in [1.29, 1.82) is 0 Å². The van der Waals surface area contributed by atoms with E-state index in [1.54, 1.807) is 0 Å².